The van der Waals surface area contributed by atoms with E-state index in [-0.39, 0.29) is 24.7 Å². The second-order valence-electron chi connectivity index (χ2n) is 5.16. The first-order valence-corrected chi connectivity index (χ1v) is 6.31. The van der Waals surface area contributed by atoms with Gasteiger partial charge in [-0.15, -0.1) is 0 Å². The van der Waals surface area contributed by atoms with Gasteiger partial charge in [-0.1, -0.05) is 19.8 Å². The third kappa shape index (κ3) is 4.75. The molecule has 98 valence electrons. The predicted molar refractivity (Wildman–Crippen MR) is 63.5 cm³/mol. The number of carboxylic acids is 1. The Morgan fingerprint density at radius 1 is 1.24 bits per heavy atom. The zero-order chi connectivity index (χ0) is 12.8. The van der Waals surface area contributed by atoms with E-state index in [0.29, 0.717) is 5.92 Å². The van der Waals surface area contributed by atoms with Gasteiger partial charge in [-0.25, -0.2) is 0 Å². The van der Waals surface area contributed by atoms with Crippen molar-refractivity contribution in [3.8, 4) is 0 Å². The van der Waals surface area contributed by atoms with Crippen molar-refractivity contribution in [1.82, 2.24) is 0 Å². The first-order valence-electron chi connectivity index (χ1n) is 6.31. The van der Waals surface area contributed by atoms with Crippen LogP contribution in [-0.4, -0.2) is 24.2 Å². The number of carbonyl (C=O) groups is 2. The van der Waals surface area contributed by atoms with Crippen LogP contribution in [0.1, 0.15) is 45.4 Å². The Kier molecular flexibility index (Phi) is 5.45. The lowest BCUT2D eigenvalue weighted by atomic mass is 9.74. The van der Waals surface area contributed by atoms with Gasteiger partial charge in [-0.2, -0.15) is 0 Å². The number of rotatable bonds is 5. The van der Waals surface area contributed by atoms with Crippen molar-refractivity contribution in [2.24, 2.45) is 17.8 Å². The van der Waals surface area contributed by atoms with Crippen molar-refractivity contribution in [3.63, 3.8) is 0 Å². The van der Waals surface area contributed by atoms with Gasteiger partial charge in [0.15, 0.2) is 0 Å². The van der Waals surface area contributed by atoms with E-state index in [1.165, 1.54) is 7.11 Å². The summed E-state index contributed by atoms with van der Waals surface area (Å²) in [6, 6.07) is 0. The second kappa shape index (κ2) is 6.62. The summed E-state index contributed by atoms with van der Waals surface area (Å²) in [6.45, 7) is 2.22. The smallest absolute Gasteiger partial charge is 0.305 e. The lowest BCUT2D eigenvalue weighted by Crippen LogP contribution is -2.25. The van der Waals surface area contributed by atoms with E-state index in [1.807, 2.05) is 0 Å². The number of ether oxygens (including phenoxy) is 1. The van der Waals surface area contributed by atoms with Crippen LogP contribution in [0.4, 0.5) is 0 Å². The zero-order valence-electron chi connectivity index (χ0n) is 10.6. The lowest BCUT2D eigenvalue weighted by molar-refractivity contribution is -0.144. The van der Waals surface area contributed by atoms with E-state index >= 15 is 0 Å². The lowest BCUT2D eigenvalue weighted by Gasteiger charge is -2.31. The summed E-state index contributed by atoms with van der Waals surface area (Å²) < 4.78 is 4.64. The average Bonchev–Trinajstić information content (AvgIpc) is 2.28. The zero-order valence-corrected chi connectivity index (χ0v) is 10.6. The molecule has 0 aromatic carbocycles. The van der Waals surface area contributed by atoms with Gasteiger partial charge >= 0.3 is 11.9 Å². The molecule has 0 aromatic heterocycles. The van der Waals surface area contributed by atoms with Crippen molar-refractivity contribution < 1.29 is 19.4 Å². The number of esters is 1. The molecule has 0 amide bonds. The molecule has 0 bridgehead atoms. The normalized spacial score (nSPS) is 26.2. The van der Waals surface area contributed by atoms with Gasteiger partial charge in [0.25, 0.3) is 0 Å². The third-order valence-electron chi connectivity index (χ3n) is 3.82. The van der Waals surface area contributed by atoms with Gasteiger partial charge in [-0.05, 0) is 30.6 Å². The van der Waals surface area contributed by atoms with Gasteiger partial charge in [0.2, 0.25) is 0 Å². The molecule has 4 nitrogen and oxygen atoms in total. The maximum Gasteiger partial charge on any atom is 0.305 e. The highest BCUT2D eigenvalue weighted by molar-refractivity contribution is 5.72. The van der Waals surface area contributed by atoms with Crippen LogP contribution in [0.3, 0.4) is 0 Å². The van der Waals surface area contributed by atoms with E-state index in [9.17, 15) is 9.59 Å². The standard InChI is InChI=1S/C13H22O4/c1-9-3-5-10(6-4-9)11(7-12(14)15)8-13(16)17-2/h9-11H,3-8H2,1-2H3,(H,14,15). The van der Waals surface area contributed by atoms with Gasteiger partial charge in [0.1, 0.15) is 0 Å². The molecule has 1 unspecified atom stereocenters. The molecule has 0 spiro atoms. The number of aliphatic carboxylic acids is 1. The molecule has 0 aliphatic heterocycles. The fourth-order valence-corrected chi connectivity index (χ4v) is 2.68. The molecule has 0 heterocycles. The highest BCUT2D eigenvalue weighted by Crippen LogP contribution is 2.36. The van der Waals surface area contributed by atoms with Crippen molar-refractivity contribution in [2.75, 3.05) is 7.11 Å². The molecule has 4 heteroatoms. The van der Waals surface area contributed by atoms with Crippen molar-refractivity contribution in [2.45, 2.75) is 45.4 Å². The monoisotopic (exact) mass is 242 g/mol. The summed E-state index contributed by atoms with van der Waals surface area (Å²) in [4.78, 5) is 22.1. The Morgan fingerprint density at radius 3 is 2.29 bits per heavy atom. The largest absolute Gasteiger partial charge is 0.481 e. The van der Waals surface area contributed by atoms with Gasteiger partial charge in [0, 0.05) is 12.8 Å². The van der Waals surface area contributed by atoms with Crippen LogP contribution < -0.4 is 0 Å². The number of hydrogen-bond acceptors (Lipinski definition) is 3. The Morgan fingerprint density at radius 2 is 1.82 bits per heavy atom. The molecule has 1 saturated carbocycles. The molecular weight excluding hydrogens is 220 g/mol. The highest BCUT2D eigenvalue weighted by atomic mass is 16.5. The number of carboxylic acid groups (broad SMARTS) is 1. The average molecular weight is 242 g/mol. The van der Waals surface area contributed by atoms with Gasteiger partial charge in [0.05, 0.1) is 7.11 Å². The summed E-state index contributed by atoms with van der Waals surface area (Å²) in [5, 5.41) is 8.90. The number of carbonyl (C=O) groups excluding carboxylic acids is 1. The van der Waals surface area contributed by atoms with E-state index in [2.05, 4.69) is 11.7 Å². The van der Waals surface area contributed by atoms with Crippen LogP contribution in [0.5, 0.6) is 0 Å². The van der Waals surface area contributed by atoms with Crippen molar-refractivity contribution in [1.29, 1.82) is 0 Å². The summed E-state index contributed by atoms with van der Waals surface area (Å²) in [5.41, 5.74) is 0. The summed E-state index contributed by atoms with van der Waals surface area (Å²) in [5.74, 6) is -0.0869. The molecule has 0 radical (unpaired) electrons. The summed E-state index contributed by atoms with van der Waals surface area (Å²) in [7, 11) is 1.35. The fraction of sp³-hybridized carbons (Fsp3) is 0.846. The van der Waals surface area contributed by atoms with Crippen molar-refractivity contribution >= 4 is 11.9 Å². The minimum absolute atomic E-state index is 0.0625. The van der Waals surface area contributed by atoms with Crippen LogP contribution in [0.15, 0.2) is 0 Å². The van der Waals surface area contributed by atoms with Crippen molar-refractivity contribution in [3.05, 3.63) is 0 Å². The number of methoxy groups -OCH3 is 1. The first-order chi connectivity index (χ1) is 8.02. The number of hydrogen-bond donors (Lipinski definition) is 1. The third-order valence-corrected chi connectivity index (χ3v) is 3.82. The predicted octanol–water partition coefficient (Wildman–Crippen LogP) is 2.47. The SMILES string of the molecule is COC(=O)CC(CC(=O)O)C1CCC(C)CC1. The minimum Gasteiger partial charge on any atom is -0.481 e. The van der Waals surface area contributed by atoms with E-state index in [1.54, 1.807) is 0 Å². The summed E-state index contributed by atoms with van der Waals surface area (Å²) in [6.07, 6.45) is 4.67. The molecule has 1 fully saturated rings. The maximum atomic E-state index is 11.3. The Labute approximate surface area is 102 Å². The molecule has 0 aromatic rings. The Balaban J connectivity index is 2.55. The molecular formula is C13H22O4. The molecule has 17 heavy (non-hydrogen) atoms. The van der Waals surface area contributed by atoms with Crippen LogP contribution in [-0.2, 0) is 14.3 Å². The van der Waals surface area contributed by atoms with Crippen LogP contribution in [0, 0.1) is 17.8 Å². The molecule has 1 aliphatic carbocycles. The second-order valence-corrected chi connectivity index (χ2v) is 5.16. The Hall–Kier alpha value is -1.06. The van der Waals surface area contributed by atoms with E-state index in [0.717, 1.165) is 31.6 Å². The van der Waals surface area contributed by atoms with Crippen LogP contribution >= 0.6 is 0 Å². The Bertz CT molecular complexity index is 267. The first kappa shape index (κ1) is 14.0. The maximum absolute atomic E-state index is 11.3. The molecule has 1 aliphatic rings. The molecule has 1 atom stereocenters. The topological polar surface area (TPSA) is 63.6 Å². The van der Waals surface area contributed by atoms with E-state index in [4.69, 9.17) is 5.11 Å². The summed E-state index contributed by atoms with van der Waals surface area (Å²) >= 11 is 0. The highest BCUT2D eigenvalue weighted by Gasteiger charge is 2.29. The molecule has 1 N–H and O–H groups in total. The minimum atomic E-state index is -0.822. The molecule has 0 saturated heterocycles. The molecule has 1 rings (SSSR count). The van der Waals surface area contributed by atoms with Gasteiger partial charge < -0.3 is 9.84 Å². The van der Waals surface area contributed by atoms with Gasteiger partial charge in [-0.3, -0.25) is 9.59 Å². The van der Waals surface area contributed by atoms with E-state index < -0.39 is 5.97 Å². The fourth-order valence-electron chi connectivity index (χ4n) is 2.68. The van der Waals surface area contributed by atoms with Crippen LogP contribution in [0.2, 0.25) is 0 Å². The quantitative estimate of drug-likeness (QED) is 0.752. The van der Waals surface area contributed by atoms with Crippen LogP contribution in [0.25, 0.3) is 0 Å².